The van der Waals surface area contributed by atoms with Crippen LogP contribution in [0.3, 0.4) is 0 Å². The Morgan fingerprint density at radius 1 is 1.21 bits per heavy atom. The summed E-state index contributed by atoms with van der Waals surface area (Å²) in [7, 11) is 1.98. The van der Waals surface area contributed by atoms with Gasteiger partial charge in [-0.25, -0.2) is 0 Å². The quantitative estimate of drug-likeness (QED) is 0.501. The monoisotopic (exact) mass is 434 g/mol. The van der Waals surface area contributed by atoms with Gasteiger partial charge >= 0.3 is 0 Å². The number of hydrogen-bond acceptors (Lipinski definition) is 2. The first-order valence-electron chi connectivity index (χ1n) is 9.93. The highest BCUT2D eigenvalue weighted by molar-refractivity contribution is 9.11. The Labute approximate surface area is 173 Å². The van der Waals surface area contributed by atoms with Gasteiger partial charge in [-0.05, 0) is 73.7 Å². The van der Waals surface area contributed by atoms with Crippen molar-refractivity contribution in [3.63, 3.8) is 0 Å². The summed E-state index contributed by atoms with van der Waals surface area (Å²) in [5, 5.41) is 16.0. The predicted molar refractivity (Wildman–Crippen MR) is 117 cm³/mol. The van der Waals surface area contributed by atoms with Gasteiger partial charge in [0, 0.05) is 41.5 Å². The van der Waals surface area contributed by atoms with Crippen molar-refractivity contribution in [3.05, 3.63) is 44.3 Å². The Morgan fingerprint density at radius 2 is 2.00 bits per heavy atom. The highest BCUT2D eigenvalue weighted by Gasteiger charge is 2.31. The van der Waals surface area contributed by atoms with Crippen LogP contribution >= 0.6 is 15.9 Å². The molecule has 2 heterocycles. The van der Waals surface area contributed by atoms with Crippen molar-refractivity contribution in [2.75, 3.05) is 0 Å². The number of aryl methyl sites for hydroxylation is 3. The number of nitrogens with zero attached hydrogens (tertiary/aromatic N) is 4. The number of nitriles is 1. The molecule has 0 spiro atoms. The molecule has 0 amide bonds. The zero-order valence-electron chi connectivity index (χ0n) is 16.7. The smallest absolute Gasteiger partial charge is 0.100 e. The summed E-state index contributed by atoms with van der Waals surface area (Å²) in [6, 6.07) is 2.91. The minimum absolute atomic E-state index is 0.352. The molecule has 5 rings (SSSR count). The Morgan fingerprint density at radius 3 is 2.71 bits per heavy atom. The molecule has 4 nitrogen and oxygen atoms in total. The van der Waals surface area contributed by atoms with E-state index in [1.54, 1.807) is 0 Å². The first kappa shape index (κ1) is 17.8. The second-order valence-electron chi connectivity index (χ2n) is 8.27. The molecule has 142 valence electrons. The number of rotatable bonds is 1. The van der Waals surface area contributed by atoms with E-state index in [9.17, 15) is 5.26 Å². The third-order valence-corrected chi connectivity index (χ3v) is 6.88. The fraction of sp³-hybridized carbons (Fsp3) is 0.391. The lowest BCUT2D eigenvalue weighted by Gasteiger charge is -2.23. The summed E-state index contributed by atoms with van der Waals surface area (Å²) in [6.07, 6.45) is 8.32. The van der Waals surface area contributed by atoms with Crippen molar-refractivity contribution in [2.24, 2.45) is 7.05 Å². The van der Waals surface area contributed by atoms with Crippen molar-refractivity contribution in [2.45, 2.75) is 52.5 Å². The maximum Gasteiger partial charge on any atom is 0.100 e. The van der Waals surface area contributed by atoms with Crippen LogP contribution in [0.25, 0.3) is 28.1 Å². The molecule has 2 aliphatic rings. The molecule has 2 aliphatic carbocycles. The molecule has 1 aromatic carbocycles. The molecule has 0 radical (unpaired) electrons. The first-order valence-corrected chi connectivity index (χ1v) is 10.7. The summed E-state index contributed by atoms with van der Waals surface area (Å²) in [4.78, 5) is 0. The van der Waals surface area contributed by atoms with E-state index < -0.39 is 0 Å². The minimum atomic E-state index is 0.352. The van der Waals surface area contributed by atoms with Gasteiger partial charge in [0.25, 0.3) is 0 Å². The zero-order valence-corrected chi connectivity index (χ0v) is 18.3. The van der Waals surface area contributed by atoms with E-state index in [0.717, 1.165) is 47.9 Å². The molecular weight excluding hydrogens is 412 g/mol. The van der Waals surface area contributed by atoms with Crippen LogP contribution in [0.15, 0.2) is 10.7 Å². The minimum Gasteiger partial charge on any atom is -0.341 e. The third-order valence-electron chi connectivity index (χ3n) is 6.25. The average Bonchev–Trinajstić information content (AvgIpc) is 3.18. The average molecular weight is 435 g/mol. The van der Waals surface area contributed by atoms with Crippen LogP contribution in [0.5, 0.6) is 0 Å². The number of aromatic nitrogens is 3. The molecule has 0 bridgehead atoms. The van der Waals surface area contributed by atoms with Gasteiger partial charge < -0.3 is 4.57 Å². The summed E-state index contributed by atoms with van der Waals surface area (Å²) in [6.45, 7) is 6.62. The van der Waals surface area contributed by atoms with Crippen LogP contribution < -0.4 is 0 Å². The van der Waals surface area contributed by atoms with E-state index in [1.807, 2.05) is 11.7 Å². The summed E-state index contributed by atoms with van der Waals surface area (Å²) >= 11 is 3.71. The van der Waals surface area contributed by atoms with Crippen LogP contribution in [0.4, 0.5) is 0 Å². The molecule has 3 aromatic rings. The van der Waals surface area contributed by atoms with Crippen LogP contribution in [-0.2, 0) is 26.3 Å². The molecule has 0 aliphatic heterocycles. The third kappa shape index (κ3) is 2.24. The molecule has 5 heteroatoms. The molecule has 0 saturated carbocycles. The fourth-order valence-electron chi connectivity index (χ4n) is 5.23. The van der Waals surface area contributed by atoms with Gasteiger partial charge in [-0.1, -0.05) is 15.9 Å². The Kier molecular flexibility index (Phi) is 3.86. The highest BCUT2D eigenvalue weighted by Crippen LogP contribution is 2.47. The lowest BCUT2D eigenvalue weighted by atomic mass is 9.82. The number of halogens is 1. The molecular formula is C23H23BrN4. The lowest BCUT2D eigenvalue weighted by Crippen LogP contribution is -2.12. The van der Waals surface area contributed by atoms with Crippen LogP contribution in [0.2, 0.25) is 0 Å². The second-order valence-corrected chi connectivity index (χ2v) is 9.29. The number of fused-ring (bicyclic) bond motifs is 7. The van der Waals surface area contributed by atoms with E-state index in [2.05, 4.69) is 64.7 Å². The molecule has 0 N–H and O–H groups in total. The Bertz CT molecular complexity index is 1230. The molecule has 28 heavy (non-hydrogen) atoms. The molecule has 0 atom stereocenters. The van der Waals surface area contributed by atoms with Gasteiger partial charge in [0.1, 0.15) is 6.07 Å². The molecule has 0 unspecified atom stereocenters. The van der Waals surface area contributed by atoms with Crippen molar-refractivity contribution in [1.29, 1.82) is 5.26 Å². The largest absolute Gasteiger partial charge is 0.341 e. The number of allylic oxidation sites excluding steroid dienone is 1. The lowest BCUT2D eigenvalue weighted by molar-refractivity contribution is 0.589. The normalized spacial score (nSPS) is 15.2. The first-order chi connectivity index (χ1) is 13.4. The maximum absolute atomic E-state index is 10.2. The molecule has 0 fully saturated rings. The Balaban J connectivity index is 2.02. The van der Waals surface area contributed by atoms with Gasteiger partial charge in [-0.15, -0.1) is 0 Å². The second kappa shape index (κ2) is 6.09. The standard InChI is InChI=1S/C23H23BrN4/c1-12(2)28-20-8-5-14(24)9-16(20)22-17(10-25)13(3)21-15(23(22)28)6-7-19-18(21)11-27(4)26-19/h9,11-12H,5-8H2,1-4H3. The molecule has 0 saturated heterocycles. The summed E-state index contributed by atoms with van der Waals surface area (Å²) in [5.74, 6) is 0. The number of benzene rings is 1. The van der Waals surface area contributed by atoms with E-state index in [4.69, 9.17) is 0 Å². The van der Waals surface area contributed by atoms with E-state index in [1.165, 1.54) is 37.9 Å². The van der Waals surface area contributed by atoms with E-state index in [0.29, 0.717) is 6.04 Å². The van der Waals surface area contributed by atoms with Gasteiger partial charge in [-0.2, -0.15) is 10.4 Å². The van der Waals surface area contributed by atoms with E-state index >= 15 is 0 Å². The van der Waals surface area contributed by atoms with Crippen LogP contribution in [-0.4, -0.2) is 14.3 Å². The summed E-state index contributed by atoms with van der Waals surface area (Å²) in [5.41, 5.74) is 10.8. The van der Waals surface area contributed by atoms with Crippen molar-refractivity contribution in [3.8, 4) is 17.2 Å². The summed E-state index contributed by atoms with van der Waals surface area (Å²) < 4.78 is 5.62. The van der Waals surface area contributed by atoms with Gasteiger partial charge in [0.15, 0.2) is 0 Å². The van der Waals surface area contributed by atoms with Crippen LogP contribution in [0, 0.1) is 18.3 Å². The topological polar surface area (TPSA) is 46.5 Å². The van der Waals surface area contributed by atoms with Crippen molar-refractivity contribution >= 4 is 32.9 Å². The van der Waals surface area contributed by atoms with Crippen LogP contribution in [0.1, 0.15) is 60.0 Å². The maximum atomic E-state index is 10.2. The predicted octanol–water partition coefficient (Wildman–Crippen LogP) is 5.58. The van der Waals surface area contributed by atoms with Gasteiger partial charge in [0.05, 0.1) is 16.8 Å². The number of hydrogen-bond donors (Lipinski definition) is 0. The van der Waals surface area contributed by atoms with E-state index in [-0.39, 0.29) is 0 Å². The van der Waals surface area contributed by atoms with Gasteiger partial charge in [0.2, 0.25) is 0 Å². The highest BCUT2D eigenvalue weighted by atomic mass is 79.9. The van der Waals surface area contributed by atoms with Crippen molar-refractivity contribution in [1.82, 2.24) is 14.3 Å². The zero-order chi connectivity index (χ0) is 19.7. The SMILES string of the molecule is Cc1c2c(c3c(c1C#N)c1c(n3C(C)C)CCC(Br)=C1)CCc1nn(C)cc1-2. The van der Waals surface area contributed by atoms with Crippen molar-refractivity contribution < 1.29 is 0 Å². The molecule has 2 aromatic heterocycles. The fourth-order valence-corrected chi connectivity index (χ4v) is 5.66. The Hall–Kier alpha value is -2.32. The van der Waals surface area contributed by atoms with Gasteiger partial charge in [-0.3, -0.25) is 4.68 Å².